The normalized spacial score (nSPS) is 20.2. The van der Waals surface area contributed by atoms with Gasteiger partial charge in [0.05, 0.1) is 25.2 Å². The number of hydrogen-bond acceptors (Lipinski definition) is 6. The zero-order valence-electron chi connectivity index (χ0n) is 11.3. The minimum absolute atomic E-state index is 0.0172. The Bertz CT molecular complexity index is 629. The predicted octanol–water partition coefficient (Wildman–Crippen LogP) is -0.0296. The fourth-order valence-electron chi connectivity index (χ4n) is 2.07. The Morgan fingerprint density at radius 2 is 2.19 bits per heavy atom. The number of benzene rings is 1. The van der Waals surface area contributed by atoms with Crippen LogP contribution in [0.1, 0.15) is 0 Å². The quantitative estimate of drug-likeness (QED) is 0.621. The molecule has 21 heavy (non-hydrogen) atoms. The monoisotopic (exact) mass is 318 g/mol. The number of methoxy groups -OCH3 is 1. The van der Waals surface area contributed by atoms with Crippen molar-refractivity contribution < 1.29 is 27.1 Å². The van der Waals surface area contributed by atoms with Crippen molar-refractivity contribution in [2.75, 3.05) is 32.6 Å². The van der Waals surface area contributed by atoms with Crippen LogP contribution in [0.25, 0.3) is 0 Å². The summed E-state index contributed by atoms with van der Waals surface area (Å²) in [6.07, 6.45) is 0. The van der Waals surface area contributed by atoms with Gasteiger partial charge in [-0.2, -0.15) is 4.31 Å². The fourth-order valence-corrected chi connectivity index (χ4v) is 3.68. The summed E-state index contributed by atoms with van der Waals surface area (Å²) in [5.41, 5.74) is 5.45. The van der Waals surface area contributed by atoms with Gasteiger partial charge in [-0.25, -0.2) is 12.8 Å². The van der Waals surface area contributed by atoms with Crippen LogP contribution in [0.5, 0.6) is 0 Å². The van der Waals surface area contributed by atoms with Gasteiger partial charge in [0.1, 0.15) is 11.9 Å². The van der Waals surface area contributed by atoms with Gasteiger partial charge in [0.2, 0.25) is 10.0 Å². The number of ether oxygens (including phenoxy) is 2. The zero-order valence-corrected chi connectivity index (χ0v) is 12.1. The van der Waals surface area contributed by atoms with Crippen LogP contribution in [0.4, 0.5) is 10.1 Å². The summed E-state index contributed by atoms with van der Waals surface area (Å²) in [6, 6.07) is 1.91. The first-order valence-electron chi connectivity index (χ1n) is 6.09. The third kappa shape index (κ3) is 3.14. The van der Waals surface area contributed by atoms with Crippen LogP contribution in [0.2, 0.25) is 0 Å². The maximum absolute atomic E-state index is 13.4. The van der Waals surface area contributed by atoms with Gasteiger partial charge in [-0.15, -0.1) is 0 Å². The second kappa shape index (κ2) is 5.96. The van der Waals surface area contributed by atoms with E-state index in [0.717, 1.165) is 29.6 Å². The average Bonchev–Trinajstić information content (AvgIpc) is 2.45. The highest BCUT2D eigenvalue weighted by Crippen LogP contribution is 2.23. The number of esters is 1. The predicted molar refractivity (Wildman–Crippen MR) is 71.3 cm³/mol. The number of carbonyl (C=O) groups excluding carboxylic acids is 1. The van der Waals surface area contributed by atoms with Gasteiger partial charge in [0, 0.05) is 12.2 Å². The molecule has 2 N–H and O–H groups in total. The van der Waals surface area contributed by atoms with Crippen LogP contribution < -0.4 is 5.73 Å². The minimum atomic E-state index is -4.08. The molecule has 9 heteroatoms. The summed E-state index contributed by atoms with van der Waals surface area (Å²) >= 11 is 0. The van der Waals surface area contributed by atoms with E-state index in [0.29, 0.717) is 0 Å². The molecular weight excluding hydrogens is 303 g/mol. The largest absolute Gasteiger partial charge is 0.468 e. The maximum Gasteiger partial charge on any atom is 0.326 e. The molecular formula is C12H15FN2O5S. The molecule has 0 amide bonds. The number of anilines is 1. The molecule has 0 radical (unpaired) electrons. The molecule has 1 atom stereocenters. The van der Waals surface area contributed by atoms with Crippen molar-refractivity contribution in [3.05, 3.63) is 24.0 Å². The van der Waals surface area contributed by atoms with Gasteiger partial charge in [-0.05, 0) is 18.2 Å². The molecule has 1 saturated heterocycles. The van der Waals surface area contributed by atoms with Crippen LogP contribution in [0.15, 0.2) is 23.1 Å². The molecule has 0 spiro atoms. The summed E-state index contributed by atoms with van der Waals surface area (Å²) in [5.74, 6) is -1.50. The number of nitrogens with zero attached hydrogens (tertiary/aromatic N) is 1. The SMILES string of the molecule is COC(=O)C1COCCN1S(=O)(=O)c1cc(N)cc(F)c1. The van der Waals surface area contributed by atoms with Gasteiger partial charge in [0.15, 0.2) is 0 Å². The molecule has 1 aromatic carbocycles. The second-order valence-corrected chi connectivity index (χ2v) is 6.34. The molecule has 2 rings (SSSR count). The van der Waals surface area contributed by atoms with Crippen LogP contribution in [-0.4, -0.2) is 51.6 Å². The van der Waals surface area contributed by atoms with E-state index in [1.165, 1.54) is 0 Å². The van der Waals surface area contributed by atoms with Crippen LogP contribution in [0, 0.1) is 5.82 Å². The maximum atomic E-state index is 13.4. The highest BCUT2D eigenvalue weighted by molar-refractivity contribution is 7.89. The summed E-state index contributed by atoms with van der Waals surface area (Å²) in [7, 11) is -2.92. The summed E-state index contributed by atoms with van der Waals surface area (Å²) in [6.45, 7) is -0.00720. The smallest absolute Gasteiger partial charge is 0.326 e. The Morgan fingerprint density at radius 1 is 1.48 bits per heavy atom. The van der Waals surface area contributed by atoms with Crippen LogP contribution >= 0.6 is 0 Å². The van der Waals surface area contributed by atoms with Crippen molar-refractivity contribution in [2.24, 2.45) is 0 Å². The van der Waals surface area contributed by atoms with Crippen molar-refractivity contribution >= 4 is 21.7 Å². The lowest BCUT2D eigenvalue weighted by molar-refractivity contribution is -0.149. The first-order chi connectivity index (χ1) is 9.86. The molecule has 1 aromatic rings. The van der Waals surface area contributed by atoms with E-state index in [1.807, 2.05) is 0 Å². The van der Waals surface area contributed by atoms with E-state index in [4.69, 9.17) is 10.5 Å². The molecule has 0 bridgehead atoms. The van der Waals surface area contributed by atoms with Crippen LogP contribution in [-0.2, 0) is 24.3 Å². The number of nitrogen functional groups attached to an aromatic ring is 1. The Kier molecular flexibility index (Phi) is 4.45. The number of sulfonamides is 1. The lowest BCUT2D eigenvalue weighted by atomic mass is 10.3. The van der Waals surface area contributed by atoms with Gasteiger partial charge < -0.3 is 15.2 Å². The van der Waals surface area contributed by atoms with Crippen molar-refractivity contribution in [2.45, 2.75) is 10.9 Å². The Morgan fingerprint density at radius 3 is 2.81 bits per heavy atom. The molecule has 1 unspecified atom stereocenters. The number of hydrogen-bond donors (Lipinski definition) is 1. The molecule has 116 valence electrons. The first kappa shape index (κ1) is 15.7. The number of halogens is 1. The second-order valence-electron chi connectivity index (χ2n) is 4.45. The van der Waals surface area contributed by atoms with Crippen molar-refractivity contribution in [3.8, 4) is 0 Å². The fraction of sp³-hybridized carbons (Fsp3) is 0.417. The highest BCUT2D eigenvalue weighted by atomic mass is 32.2. The average molecular weight is 318 g/mol. The molecule has 1 aliphatic heterocycles. The number of rotatable bonds is 3. The number of carbonyl (C=O) groups is 1. The summed E-state index contributed by atoms with van der Waals surface area (Å²) in [5, 5.41) is 0. The molecule has 1 aliphatic rings. The molecule has 0 aliphatic carbocycles. The van der Waals surface area contributed by atoms with Crippen LogP contribution in [0.3, 0.4) is 0 Å². The highest BCUT2D eigenvalue weighted by Gasteiger charge is 2.39. The standard InChI is InChI=1S/C12H15FN2O5S/c1-19-12(16)11-7-20-3-2-15(11)21(17,18)10-5-8(13)4-9(14)6-10/h4-6,11H,2-3,7,14H2,1H3. The van der Waals surface area contributed by atoms with E-state index in [1.54, 1.807) is 0 Å². The van der Waals surface area contributed by atoms with E-state index >= 15 is 0 Å². The van der Waals surface area contributed by atoms with Gasteiger partial charge in [-0.1, -0.05) is 0 Å². The lowest BCUT2D eigenvalue weighted by Gasteiger charge is -2.32. The molecule has 1 heterocycles. The van der Waals surface area contributed by atoms with Gasteiger partial charge >= 0.3 is 5.97 Å². The van der Waals surface area contributed by atoms with E-state index in [-0.39, 0.29) is 30.3 Å². The minimum Gasteiger partial charge on any atom is -0.468 e. The van der Waals surface area contributed by atoms with Crippen molar-refractivity contribution in [1.82, 2.24) is 4.31 Å². The van der Waals surface area contributed by atoms with E-state index in [9.17, 15) is 17.6 Å². The molecule has 7 nitrogen and oxygen atoms in total. The van der Waals surface area contributed by atoms with Crippen molar-refractivity contribution in [1.29, 1.82) is 0 Å². The summed E-state index contributed by atoms with van der Waals surface area (Å²) < 4.78 is 49.1. The first-order valence-corrected chi connectivity index (χ1v) is 7.54. The third-order valence-electron chi connectivity index (χ3n) is 3.05. The Labute approximate surface area is 121 Å². The van der Waals surface area contributed by atoms with E-state index < -0.39 is 27.9 Å². The Balaban J connectivity index is 2.42. The number of nitrogens with two attached hydrogens (primary N) is 1. The molecule has 0 saturated carbocycles. The lowest BCUT2D eigenvalue weighted by Crippen LogP contribution is -2.52. The van der Waals surface area contributed by atoms with Gasteiger partial charge in [-0.3, -0.25) is 4.79 Å². The number of morpholine rings is 1. The topological polar surface area (TPSA) is 98.9 Å². The third-order valence-corrected chi connectivity index (χ3v) is 4.94. The molecule has 0 aromatic heterocycles. The Hall–Kier alpha value is -1.71. The van der Waals surface area contributed by atoms with Crippen molar-refractivity contribution in [3.63, 3.8) is 0 Å². The van der Waals surface area contributed by atoms with E-state index in [2.05, 4.69) is 4.74 Å². The van der Waals surface area contributed by atoms with Gasteiger partial charge in [0.25, 0.3) is 0 Å². The summed E-state index contributed by atoms with van der Waals surface area (Å²) in [4.78, 5) is 11.4. The molecule has 1 fully saturated rings. The zero-order chi connectivity index (χ0) is 15.6.